The van der Waals surface area contributed by atoms with E-state index in [4.69, 9.17) is 4.74 Å². The van der Waals surface area contributed by atoms with Crippen LogP contribution in [0.15, 0.2) is 54.6 Å². The fraction of sp³-hybridized carbons (Fsp3) is 0.263. The molecule has 126 valence electrons. The summed E-state index contributed by atoms with van der Waals surface area (Å²) in [6, 6.07) is 17.0. The summed E-state index contributed by atoms with van der Waals surface area (Å²) in [4.78, 5) is 23.1. The van der Waals surface area contributed by atoms with Crippen LogP contribution in [-0.2, 0) is 20.7 Å². The summed E-state index contributed by atoms with van der Waals surface area (Å²) in [5.41, 5.74) is 2.63. The molecule has 0 aliphatic heterocycles. The Morgan fingerprint density at radius 1 is 1.04 bits per heavy atom. The first kappa shape index (κ1) is 17.7. The van der Waals surface area contributed by atoms with Crippen molar-refractivity contribution >= 4 is 17.5 Å². The van der Waals surface area contributed by atoms with E-state index in [1.165, 1.54) is 6.92 Å². The van der Waals surface area contributed by atoms with E-state index >= 15 is 0 Å². The van der Waals surface area contributed by atoms with E-state index in [0.717, 1.165) is 16.8 Å². The lowest BCUT2D eigenvalue weighted by Crippen LogP contribution is -2.30. The zero-order valence-corrected chi connectivity index (χ0v) is 13.9. The second kappa shape index (κ2) is 8.84. The lowest BCUT2D eigenvalue weighted by Gasteiger charge is -2.16. The van der Waals surface area contributed by atoms with Gasteiger partial charge in [-0.3, -0.25) is 9.59 Å². The molecule has 2 aromatic rings. The first-order chi connectivity index (χ1) is 11.6. The largest absolute Gasteiger partial charge is 0.375 e. The normalized spacial score (nSPS) is 11.6. The van der Waals surface area contributed by atoms with Crippen LogP contribution in [0.1, 0.15) is 24.2 Å². The third kappa shape index (κ3) is 5.52. The Bertz CT molecular complexity index is 669. The molecule has 5 nitrogen and oxygen atoms in total. The van der Waals surface area contributed by atoms with Crippen molar-refractivity contribution in [1.82, 2.24) is 5.32 Å². The molecule has 0 aliphatic rings. The van der Waals surface area contributed by atoms with Crippen LogP contribution >= 0.6 is 0 Å². The van der Waals surface area contributed by atoms with Gasteiger partial charge in [0.15, 0.2) is 0 Å². The van der Waals surface area contributed by atoms with Gasteiger partial charge in [-0.2, -0.15) is 0 Å². The molecule has 2 N–H and O–H groups in total. The van der Waals surface area contributed by atoms with E-state index in [1.54, 1.807) is 19.2 Å². The molecule has 24 heavy (non-hydrogen) atoms. The highest BCUT2D eigenvalue weighted by molar-refractivity contribution is 5.88. The summed E-state index contributed by atoms with van der Waals surface area (Å²) < 4.78 is 5.43. The van der Waals surface area contributed by atoms with Crippen molar-refractivity contribution in [3.63, 3.8) is 0 Å². The minimum absolute atomic E-state index is 0.0692. The van der Waals surface area contributed by atoms with Gasteiger partial charge >= 0.3 is 0 Å². The molecule has 1 atom stereocenters. The minimum Gasteiger partial charge on any atom is -0.375 e. The third-order valence-electron chi connectivity index (χ3n) is 3.58. The monoisotopic (exact) mass is 326 g/mol. The Balaban J connectivity index is 1.85. The van der Waals surface area contributed by atoms with E-state index in [-0.39, 0.29) is 24.3 Å². The molecule has 2 aromatic carbocycles. The van der Waals surface area contributed by atoms with Gasteiger partial charge in [-0.25, -0.2) is 0 Å². The van der Waals surface area contributed by atoms with Crippen LogP contribution in [0.25, 0.3) is 0 Å². The fourth-order valence-corrected chi connectivity index (χ4v) is 2.37. The van der Waals surface area contributed by atoms with Crippen LogP contribution in [0.4, 0.5) is 5.69 Å². The van der Waals surface area contributed by atoms with Crippen LogP contribution in [0.5, 0.6) is 0 Å². The number of amides is 2. The predicted molar refractivity (Wildman–Crippen MR) is 93.7 cm³/mol. The number of anilines is 1. The van der Waals surface area contributed by atoms with E-state index < -0.39 is 0 Å². The minimum atomic E-state index is -0.169. The standard InChI is InChI=1S/C19H22N2O3/c1-14(22)21-17-10-8-15(9-11-17)12-19(23)20-13-18(24-2)16-6-4-3-5-7-16/h3-11,18H,12-13H2,1-2H3,(H,20,23)(H,21,22). The van der Waals surface area contributed by atoms with Crippen molar-refractivity contribution < 1.29 is 14.3 Å². The van der Waals surface area contributed by atoms with Gasteiger partial charge < -0.3 is 15.4 Å². The molecule has 0 radical (unpaired) electrons. The van der Waals surface area contributed by atoms with Crippen molar-refractivity contribution in [3.05, 3.63) is 65.7 Å². The molecule has 1 unspecified atom stereocenters. The van der Waals surface area contributed by atoms with E-state index in [2.05, 4.69) is 10.6 Å². The van der Waals surface area contributed by atoms with Gasteiger partial charge in [-0.1, -0.05) is 42.5 Å². The molecule has 0 saturated heterocycles. The molecule has 2 amide bonds. The van der Waals surface area contributed by atoms with Crippen molar-refractivity contribution in [1.29, 1.82) is 0 Å². The Morgan fingerprint density at radius 3 is 2.29 bits per heavy atom. The highest BCUT2D eigenvalue weighted by Gasteiger charge is 2.12. The summed E-state index contributed by atoms with van der Waals surface area (Å²) in [6.07, 6.45) is 0.114. The number of rotatable bonds is 7. The number of nitrogens with one attached hydrogen (secondary N) is 2. The van der Waals surface area contributed by atoms with Crippen LogP contribution < -0.4 is 10.6 Å². The molecule has 0 bridgehead atoms. The zero-order chi connectivity index (χ0) is 17.4. The first-order valence-corrected chi connectivity index (χ1v) is 7.79. The van der Waals surface area contributed by atoms with Gasteiger partial charge in [0.1, 0.15) is 0 Å². The molecule has 0 aliphatic carbocycles. The summed E-state index contributed by atoms with van der Waals surface area (Å²) in [7, 11) is 1.63. The molecule has 0 fully saturated rings. The van der Waals surface area contributed by atoms with Crippen molar-refractivity contribution in [3.8, 4) is 0 Å². The van der Waals surface area contributed by atoms with Crippen LogP contribution in [-0.4, -0.2) is 25.5 Å². The maximum Gasteiger partial charge on any atom is 0.224 e. The summed E-state index contributed by atoms with van der Waals surface area (Å²) in [5.74, 6) is -0.188. The van der Waals surface area contributed by atoms with Gasteiger partial charge in [-0.15, -0.1) is 0 Å². The molecular weight excluding hydrogens is 304 g/mol. The lowest BCUT2D eigenvalue weighted by atomic mass is 10.1. The van der Waals surface area contributed by atoms with Gasteiger partial charge in [0.2, 0.25) is 11.8 Å². The van der Waals surface area contributed by atoms with Crippen molar-refractivity contribution in [2.45, 2.75) is 19.4 Å². The SMILES string of the molecule is COC(CNC(=O)Cc1ccc(NC(C)=O)cc1)c1ccccc1. The smallest absolute Gasteiger partial charge is 0.224 e. The maximum atomic E-state index is 12.1. The first-order valence-electron chi connectivity index (χ1n) is 7.79. The van der Waals surface area contributed by atoms with Crippen LogP contribution in [0.2, 0.25) is 0 Å². The van der Waals surface area contributed by atoms with Crippen LogP contribution in [0.3, 0.4) is 0 Å². The Hall–Kier alpha value is -2.66. The number of methoxy groups -OCH3 is 1. The van der Waals surface area contributed by atoms with Gasteiger partial charge in [-0.05, 0) is 23.3 Å². The molecule has 0 heterocycles. The number of carbonyl (C=O) groups excluding carboxylic acids is 2. The summed E-state index contributed by atoms with van der Waals surface area (Å²) in [5, 5.41) is 5.59. The average molecular weight is 326 g/mol. The van der Waals surface area contributed by atoms with Crippen molar-refractivity contribution in [2.24, 2.45) is 0 Å². The molecule has 5 heteroatoms. The highest BCUT2D eigenvalue weighted by Crippen LogP contribution is 2.15. The lowest BCUT2D eigenvalue weighted by molar-refractivity contribution is -0.121. The predicted octanol–water partition coefficient (Wildman–Crippen LogP) is 2.69. The average Bonchev–Trinajstić information content (AvgIpc) is 2.58. The van der Waals surface area contributed by atoms with Gasteiger partial charge in [0, 0.05) is 26.3 Å². The third-order valence-corrected chi connectivity index (χ3v) is 3.58. The molecule has 0 saturated carbocycles. The Labute approximate surface area is 142 Å². The quantitative estimate of drug-likeness (QED) is 0.822. The fourth-order valence-electron chi connectivity index (χ4n) is 2.37. The summed E-state index contributed by atoms with van der Waals surface area (Å²) in [6.45, 7) is 1.88. The molecule has 0 spiro atoms. The second-order valence-electron chi connectivity index (χ2n) is 5.49. The number of hydrogen-bond acceptors (Lipinski definition) is 3. The molecule has 0 aromatic heterocycles. The number of ether oxygens (including phenoxy) is 1. The van der Waals surface area contributed by atoms with E-state index in [0.29, 0.717) is 6.54 Å². The zero-order valence-electron chi connectivity index (χ0n) is 13.9. The second-order valence-corrected chi connectivity index (χ2v) is 5.49. The van der Waals surface area contributed by atoms with Gasteiger partial charge in [0.05, 0.1) is 12.5 Å². The highest BCUT2D eigenvalue weighted by atomic mass is 16.5. The van der Waals surface area contributed by atoms with E-state index in [9.17, 15) is 9.59 Å². The summed E-state index contributed by atoms with van der Waals surface area (Å²) >= 11 is 0. The molecular formula is C19H22N2O3. The van der Waals surface area contributed by atoms with Gasteiger partial charge in [0.25, 0.3) is 0 Å². The maximum absolute atomic E-state index is 12.1. The van der Waals surface area contributed by atoms with E-state index in [1.807, 2.05) is 42.5 Å². The topological polar surface area (TPSA) is 67.4 Å². The Morgan fingerprint density at radius 2 is 1.71 bits per heavy atom. The Kier molecular flexibility index (Phi) is 6.51. The number of carbonyl (C=O) groups is 2. The number of hydrogen-bond donors (Lipinski definition) is 2. The number of benzene rings is 2. The van der Waals surface area contributed by atoms with Crippen LogP contribution in [0, 0.1) is 0 Å². The van der Waals surface area contributed by atoms with Crippen molar-refractivity contribution in [2.75, 3.05) is 19.0 Å². The molecule has 2 rings (SSSR count).